The van der Waals surface area contributed by atoms with Gasteiger partial charge in [-0.1, -0.05) is 60.7 Å². The van der Waals surface area contributed by atoms with E-state index in [-0.39, 0.29) is 47.6 Å². The summed E-state index contributed by atoms with van der Waals surface area (Å²) in [6, 6.07) is 37.6. The third-order valence-electron chi connectivity index (χ3n) is 12.0. The number of para-hydroxylation sites is 2. The van der Waals surface area contributed by atoms with Gasteiger partial charge in [0.05, 0.1) is 43.2 Å². The number of hydrogen-bond acceptors (Lipinski definition) is 14. The van der Waals surface area contributed by atoms with Crippen LogP contribution in [0.4, 0.5) is 11.8 Å². The minimum atomic E-state index is -1.28. The van der Waals surface area contributed by atoms with E-state index in [4.69, 9.17) is 23.0 Å². The number of carboxylic acid groups (broad SMARTS) is 1. The Morgan fingerprint density at radius 3 is 1.58 bits per heavy atom. The summed E-state index contributed by atoms with van der Waals surface area (Å²) in [6.45, 7) is 4.55. The van der Waals surface area contributed by atoms with Crippen molar-refractivity contribution in [2.24, 2.45) is 0 Å². The molecule has 332 valence electrons. The van der Waals surface area contributed by atoms with Gasteiger partial charge in [-0.3, -0.25) is 9.59 Å². The van der Waals surface area contributed by atoms with Gasteiger partial charge in [-0.15, -0.1) is 22.7 Å². The quantitative estimate of drug-likeness (QED) is 0.176. The summed E-state index contributed by atoms with van der Waals surface area (Å²) < 4.78 is 33.2. The van der Waals surface area contributed by atoms with Crippen molar-refractivity contribution in [3.63, 3.8) is 0 Å². The molecule has 0 spiro atoms. The predicted octanol–water partition coefficient (Wildman–Crippen LogP) is 6.41. The molecule has 6 aromatic carbocycles. The molecule has 2 aliphatic heterocycles. The zero-order valence-corrected chi connectivity index (χ0v) is 39.9. The van der Waals surface area contributed by atoms with Crippen LogP contribution in [0.1, 0.15) is 1.43 Å². The number of carbonyl (C=O) groups excluding carboxylic acids is 1. The summed E-state index contributed by atoms with van der Waals surface area (Å²) in [6.07, 6.45) is 0. The molecule has 12 nitrogen and oxygen atoms in total. The number of hydrogen-bond donors (Lipinski definition) is 1. The van der Waals surface area contributed by atoms with Crippen molar-refractivity contribution in [1.82, 2.24) is 0 Å². The average molecular weight is 942 g/mol. The van der Waals surface area contributed by atoms with Crippen molar-refractivity contribution in [3.05, 3.63) is 142 Å². The number of phenols is 1. The SMILES string of the molecule is O=C([O-])COc1ccc(-c2cccc3c(=O)cc(N4CCOCC4)oc23)c2sc3ccccc3c12.O=c1cc(N2CCOCC2)oc2c(-c3ccc(O)c4c3sc3ccccc34)cccc12.[2HH].[Na+]. The fraction of sp³-hybridized carbons (Fsp3) is 0.173. The molecule has 0 unspecified atom stereocenters. The third kappa shape index (κ3) is 8.33. The Bertz CT molecular complexity index is 3650. The molecular weight excluding hydrogens is 900 g/mol. The number of thiophene rings is 2. The number of rotatable bonds is 7. The smallest absolute Gasteiger partial charge is 0.546 e. The molecule has 15 heteroatoms. The number of aliphatic carboxylic acids is 1. The second-order valence-electron chi connectivity index (χ2n) is 16.0. The fourth-order valence-corrected chi connectivity index (χ4v) is 11.4. The van der Waals surface area contributed by atoms with Crippen molar-refractivity contribution in [2.75, 3.05) is 69.0 Å². The van der Waals surface area contributed by atoms with E-state index in [1.54, 1.807) is 59.1 Å². The molecule has 67 heavy (non-hydrogen) atoms. The molecule has 0 bridgehead atoms. The van der Waals surface area contributed by atoms with Gasteiger partial charge in [0, 0.05) is 102 Å². The van der Waals surface area contributed by atoms with E-state index in [1.807, 2.05) is 88.7 Å². The number of carboxylic acids is 1. The Morgan fingerprint density at radius 1 is 0.597 bits per heavy atom. The minimum Gasteiger partial charge on any atom is -0.546 e. The van der Waals surface area contributed by atoms with Crippen LogP contribution in [0, 0.1) is 0 Å². The molecule has 0 atom stereocenters. The van der Waals surface area contributed by atoms with Gasteiger partial charge in [0.1, 0.15) is 29.3 Å². The first-order valence-corrected chi connectivity index (χ1v) is 23.1. The summed E-state index contributed by atoms with van der Waals surface area (Å²) in [7, 11) is 0. The Balaban J connectivity index is 0.000000166. The van der Waals surface area contributed by atoms with Crippen LogP contribution in [-0.4, -0.2) is 70.3 Å². The van der Waals surface area contributed by atoms with Crippen LogP contribution in [0.2, 0.25) is 0 Å². The third-order valence-corrected chi connectivity index (χ3v) is 14.5. The van der Waals surface area contributed by atoms with Gasteiger partial charge in [0.2, 0.25) is 0 Å². The molecule has 0 amide bonds. The van der Waals surface area contributed by atoms with E-state index in [0.717, 1.165) is 62.6 Å². The van der Waals surface area contributed by atoms with Crippen molar-refractivity contribution in [1.29, 1.82) is 0 Å². The topological polar surface area (TPSA) is 155 Å². The zero-order chi connectivity index (χ0) is 44.9. The number of carbonyl (C=O) groups is 1. The number of anilines is 2. The van der Waals surface area contributed by atoms with E-state index in [1.165, 1.54) is 0 Å². The predicted molar refractivity (Wildman–Crippen MR) is 262 cm³/mol. The van der Waals surface area contributed by atoms with Gasteiger partial charge in [0.15, 0.2) is 22.6 Å². The number of benzene rings is 6. The fourth-order valence-electron chi connectivity index (χ4n) is 8.92. The molecule has 1 N–H and O–H groups in total. The van der Waals surface area contributed by atoms with E-state index >= 15 is 0 Å². The van der Waals surface area contributed by atoms with Crippen LogP contribution >= 0.6 is 22.7 Å². The van der Waals surface area contributed by atoms with E-state index in [0.29, 0.717) is 92.1 Å². The molecular formula is C52H41N2NaO10S2. The maximum Gasteiger partial charge on any atom is 1.00 e. The van der Waals surface area contributed by atoms with Crippen LogP contribution < -0.4 is 60.1 Å². The van der Waals surface area contributed by atoms with E-state index < -0.39 is 12.6 Å². The molecule has 0 saturated carbocycles. The van der Waals surface area contributed by atoms with E-state index in [9.17, 15) is 24.6 Å². The standard InChI is InChI=1S/C27H21NO6S.C25H19NO4S.Na.H2/c29-20-14-23(28-10-12-32-13-11-28)34-26-16(5-3-6-18(20)26)17-8-9-21(33-15-24(30)31)25-19-4-1-2-7-22(19)35-27(17)25;27-19-9-8-16(25-23(19)18-4-1-2-7-21(18)31-25)15-5-3-6-17-20(28)14-22(30-24(15)17)26-10-12-29-13-11-26;;/h1-9,14H,10-13,15H2,(H,30,31);1-9,14,27H,10-13H2;;1H/q;;+1;/p-1/i;;;1+1. The van der Waals surface area contributed by atoms with Crippen LogP contribution in [-0.2, 0) is 14.3 Å². The normalized spacial score (nSPS) is 14.1. The first-order chi connectivity index (χ1) is 32.3. The molecule has 2 fully saturated rings. The molecule has 10 aromatic rings. The summed E-state index contributed by atoms with van der Waals surface area (Å²) in [4.78, 5) is 41.1. The molecule has 6 heterocycles. The largest absolute Gasteiger partial charge is 1.00 e. The summed E-state index contributed by atoms with van der Waals surface area (Å²) in [5.74, 6) is 0.542. The van der Waals surface area contributed by atoms with Gasteiger partial charge in [-0.25, -0.2) is 0 Å². The first-order valence-electron chi connectivity index (χ1n) is 21.5. The molecule has 0 radical (unpaired) electrons. The van der Waals surface area contributed by atoms with Crippen LogP contribution in [0.25, 0.3) is 84.5 Å². The number of morpholine rings is 2. The molecule has 12 rings (SSSR count). The van der Waals surface area contributed by atoms with E-state index in [2.05, 4.69) is 6.07 Å². The summed E-state index contributed by atoms with van der Waals surface area (Å²) in [5.41, 5.74) is 4.40. The Kier molecular flexibility index (Phi) is 12.5. The number of aromatic hydroxyl groups is 1. The van der Waals surface area contributed by atoms with Gasteiger partial charge >= 0.3 is 29.6 Å². The number of ether oxygens (including phenoxy) is 3. The molecule has 2 saturated heterocycles. The van der Waals surface area contributed by atoms with Crippen LogP contribution in [0.5, 0.6) is 11.5 Å². The molecule has 2 aliphatic rings. The second kappa shape index (κ2) is 18.8. The Morgan fingerprint density at radius 2 is 1.06 bits per heavy atom. The summed E-state index contributed by atoms with van der Waals surface area (Å²) in [5, 5.41) is 26.4. The maximum atomic E-state index is 13.0. The van der Waals surface area contributed by atoms with Gasteiger partial charge in [0.25, 0.3) is 0 Å². The second-order valence-corrected chi connectivity index (χ2v) is 18.1. The average Bonchev–Trinajstić information content (AvgIpc) is 3.95. The van der Waals surface area contributed by atoms with Crippen LogP contribution in [0.15, 0.2) is 140 Å². The van der Waals surface area contributed by atoms with Crippen molar-refractivity contribution >= 4 is 103 Å². The van der Waals surface area contributed by atoms with Gasteiger partial charge in [-0.05, 0) is 48.5 Å². The monoisotopic (exact) mass is 941 g/mol. The number of fused-ring (bicyclic) bond motifs is 8. The number of nitrogens with zero attached hydrogens (tertiary/aromatic N) is 2. The van der Waals surface area contributed by atoms with Crippen LogP contribution in [0.3, 0.4) is 0 Å². The Hall–Kier alpha value is -6.23. The van der Waals surface area contributed by atoms with Gasteiger partial charge < -0.3 is 47.9 Å². The maximum absolute atomic E-state index is 13.0. The number of phenolic OH excluding ortho intramolecular Hbond substituents is 1. The first kappa shape index (κ1) is 44.6. The molecule has 4 aromatic heterocycles. The summed E-state index contributed by atoms with van der Waals surface area (Å²) >= 11 is 3.22. The minimum absolute atomic E-state index is 0. The zero-order valence-electron chi connectivity index (χ0n) is 36.2. The van der Waals surface area contributed by atoms with Gasteiger partial charge in [-0.2, -0.15) is 0 Å². The Labute approximate surface area is 413 Å². The van der Waals surface area contributed by atoms with Crippen molar-refractivity contribution in [2.45, 2.75) is 0 Å². The van der Waals surface area contributed by atoms with Crippen molar-refractivity contribution < 1.29 is 69.0 Å². The van der Waals surface area contributed by atoms with Crippen molar-refractivity contribution in [3.8, 4) is 33.8 Å². The molecule has 0 aliphatic carbocycles.